The predicted octanol–water partition coefficient (Wildman–Crippen LogP) is 2.00. The summed E-state index contributed by atoms with van der Waals surface area (Å²) in [5.74, 6) is 0.607. The van der Waals surface area contributed by atoms with Gasteiger partial charge in [-0.05, 0) is 31.4 Å². The number of pyridine rings is 1. The molecule has 1 aliphatic heterocycles. The Balaban J connectivity index is 2.07. The Morgan fingerprint density at radius 2 is 2.28 bits per heavy atom. The van der Waals surface area contributed by atoms with Crippen molar-refractivity contribution >= 4 is 5.69 Å². The molecule has 0 aromatic carbocycles. The highest BCUT2D eigenvalue weighted by atomic mass is 16.5. The van der Waals surface area contributed by atoms with E-state index in [4.69, 9.17) is 4.74 Å². The Hall–Kier alpha value is -1.13. The number of aliphatic hydroxyl groups excluding tert-OH is 1. The van der Waals surface area contributed by atoms with Gasteiger partial charge in [0.25, 0.3) is 0 Å². The average Bonchev–Trinajstić information content (AvgIpc) is 2.39. The number of ether oxygens (including phenoxy) is 1. The number of anilines is 1. The van der Waals surface area contributed by atoms with Gasteiger partial charge in [0, 0.05) is 20.2 Å². The summed E-state index contributed by atoms with van der Waals surface area (Å²) in [6.45, 7) is 5.91. The zero-order valence-electron chi connectivity index (χ0n) is 11.3. The molecule has 0 aliphatic carbocycles. The molecular formula is C14H22N2O2. The van der Waals surface area contributed by atoms with Crippen LogP contribution >= 0.6 is 0 Å². The van der Waals surface area contributed by atoms with Crippen LogP contribution in [0.15, 0.2) is 18.3 Å². The molecule has 1 aromatic heterocycles. The van der Waals surface area contributed by atoms with Crippen LogP contribution in [0.25, 0.3) is 0 Å². The Kier molecular flexibility index (Phi) is 4.19. The van der Waals surface area contributed by atoms with Crippen molar-refractivity contribution in [3.8, 4) is 0 Å². The van der Waals surface area contributed by atoms with E-state index in [9.17, 15) is 5.11 Å². The first-order valence-corrected chi connectivity index (χ1v) is 6.53. The van der Waals surface area contributed by atoms with Crippen molar-refractivity contribution in [3.63, 3.8) is 0 Å². The Morgan fingerprint density at radius 3 is 2.83 bits per heavy atom. The van der Waals surface area contributed by atoms with Gasteiger partial charge in [-0.25, -0.2) is 0 Å². The molecule has 4 heteroatoms. The fraction of sp³-hybridized carbons (Fsp3) is 0.643. The van der Waals surface area contributed by atoms with E-state index >= 15 is 0 Å². The molecule has 1 fully saturated rings. The van der Waals surface area contributed by atoms with Crippen LogP contribution < -0.4 is 4.90 Å². The summed E-state index contributed by atoms with van der Waals surface area (Å²) in [5, 5.41) is 9.44. The zero-order chi connectivity index (χ0) is 13.1. The summed E-state index contributed by atoms with van der Waals surface area (Å²) in [5.41, 5.74) is 1.82. The molecule has 0 saturated carbocycles. The van der Waals surface area contributed by atoms with Gasteiger partial charge in [-0.1, -0.05) is 6.92 Å². The van der Waals surface area contributed by atoms with E-state index in [0.717, 1.165) is 25.2 Å². The molecule has 0 amide bonds. The second-order valence-electron chi connectivity index (χ2n) is 5.10. The number of rotatable bonds is 3. The van der Waals surface area contributed by atoms with Gasteiger partial charge in [0.05, 0.1) is 29.8 Å². The van der Waals surface area contributed by atoms with E-state index in [0.29, 0.717) is 11.6 Å². The number of piperidine rings is 1. The molecule has 2 rings (SSSR count). The van der Waals surface area contributed by atoms with Crippen LogP contribution in [0.4, 0.5) is 5.69 Å². The molecule has 4 nitrogen and oxygen atoms in total. The van der Waals surface area contributed by atoms with Crippen molar-refractivity contribution in [2.45, 2.75) is 32.5 Å². The van der Waals surface area contributed by atoms with E-state index in [1.54, 1.807) is 14.0 Å². The first-order valence-electron chi connectivity index (χ1n) is 6.53. The summed E-state index contributed by atoms with van der Waals surface area (Å²) >= 11 is 0. The highest BCUT2D eigenvalue weighted by molar-refractivity contribution is 5.45. The minimum absolute atomic E-state index is 0.287. The smallest absolute Gasteiger partial charge is 0.0931 e. The van der Waals surface area contributed by atoms with Gasteiger partial charge < -0.3 is 14.7 Å². The molecule has 18 heavy (non-hydrogen) atoms. The lowest BCUT2D eigenvalue weighted by molar-refractivity contribution is 0.0498. The Bertz CT molecular complexity index is 378. The molecular weight excluding hydrogens is 228 g/mol. The van der Waals surface area contributed by atoms with Gasteiger partial charge in [-0.3, -0.25) is 4.98 Å². The summed E-state index contributed by atoms with van der Waals surface area (Å²) < 4.78 is 5.52. The molecule has 2 unspecified atom stereocenters. The Morgan fingerprint density at radius 1 is 1.50 bits per heavy atom. The summed E-state index contributed by atoms with van der Waals surface area (Å²) in [6, 6.07) is 3.91. The number of aromatic nitrogens is 1. The number of hydrogen-bond acceptors (Lipinski definition) is 4. The molecule has 2 heterocycles. The molecule has 0 bridgehead atoms. The van der Waals surface area contributed by atoms with Crippen molar-refractivity contribution in [2.24, 2.45) is 5.92 Å². The molecule has 0 spiro atoms. The van der Waals surface area contributed by atoms with Crippen molar-refractivity contribution in [3.05, 3.63) is 24.0 Å². The predicted molar refractivity (Wildman–Crippen MR) is 71.7 cm³/mol. The van der Waals surface area contributed by atoms with Crippen LogP contribution in [-0.2, 0) is 4.74 Å². The van der Waals surface area contributed by atoms with Crippen LogP contribution in [0.1, 0.15) is 32.1 Å². The fourth-order valence-corrected chi connectivity index (χ4v) is 2.41. The van der Waals surface area contributed by atoms with E-state index in [-0.39, 0.29) is 6.10 Å². The first kappa shape index (κ1) is 13.3. The van der Waals surface area contributed by atoms with Crippen LogP contribution in [0, 0.1) is 5.92 Å². The van der Waals surface area contributed by atoms with E-state index in [2.05, 4.69) is 16.8 Å². The third kappa shape index (κ3) is 2.82. The lowest BCUT2D eigenvalue weighted by Gasteiger charge is -2.37. The van der Waals surface area contributed by atoms with Crippen molar-refractivity contribution < 1.29 is 9.84 Å². The Labute approximate surface area is 109 Å². The van der Waals surface area contributed by atoms with Gasteiger partial charge in [0.1, 0.15) is 0 Å². The largest absolute Gasteiger partial charge is 0.387 e. The SMILES string of the molecule is COC1CN(c2ccc([C@H](C)O)nc2)CCC1C. The fourth-order valence-electron chi connectivity index (χ4n) is 2.41. The maximum absolute atomic E-state index is 9.44. The van der Waals surface area contributed by atoms with Gasteiger partial charge in [-0.2, -0.15) is 0 Å². The standard InChI is InChI=1S/C14H22N2O2/c1-10-6-7-16(9-14(10)18-3)12-4-5-13(11(2)17)15-8-12/h4-5,8,10-11,14,17H,6-7,9H2,1-3H3/t10?,11-,14?/m0/s1. The van der Waals surface area contributed by atoms with Gasteiger partial charge >= 0.3 is 0 Å². The lowest BCUT2D eigenvalue weighted by atomic mass is 9.95. The maximum atomic E-state index is 9.44. The van der Waals surface area contributed by atoms with E-state index in [1.165, 1.54) is 0 Å². The quantitative estimate of drug-likeness (QED) is 0.891. The molecule has 1 saturated heterocycles. The molecule has 1 N–H and O–H groups in total. The van der Waals surface area contributed by atoms with Crippen LogP contribution in [-0.4, -0.2) is 36.4 Å². The normalized spacial score (nSPS) is 26.1. The number of nitrogens with zero attached hydrogens (tertiary/aromatic N) is 2. The molecule has 1 aromatic rings. The average molecular weight is 250 g/mol. The first-order chi connectivity index (χ1) is 8.61. The number of aliphatic hydroxyl groups is 1. The van der Waals surface area contributed by atoms with Crippen LogP contribution in [0.3, 0.4) is 0 Å². The third-order valence-electron chi connectivity index (χ3n) is 3.76. The van der Waals surface area contributed by atoms with Crippen molar-refractivity contribution in [2.75, 3.05) is 25.1 Å². The number of methoxy groups -OCH3 is 1. The zero-order valence-corrected chi connectivity index (χ0v) is 11.3. The molecule has 3 atom stereocenters. The van der Waals surface area contributed by atoms with Gasteiger partial charge in [-0.15, -0.1) is 0 Å². The topological polar surface area (TPSA) is 45.6 Å². The third-order valence-corrected chi connectivity index (χ3v) is 3.76. The lowest BCUT2D eigenvalue weighted by Crippen LogP contribution is -2.43. The second-order valence-corrected chi connectivity index (χ2v) is 5.10. The number of hydrogen-bond donors (Lipinski definition) is 1. The summed E-state index contributed by atoms with van der Waals surface area (Å²) in [4.78, 5) is 6.59. The van der Waals surface area contributed by atoms with Gasteiger partial charge in [0.2, 0.25) is 0 Å². The van der Waals surface area contributed by atoms with Crippen LogP contribution in [0.2, 0.25) is 0 Å². The van der Waals surface area contributed by atoms with Gasteiger partial charge in [0.15, 0.2) is 0 Å². The van der Waals surface area contributed by atoms with E-state index in [1.807, 2.05) is 18.3 Å². The van der Waals surface area contributed by atoms with E-state index < -0.39 is 6.10 Å². The highest BCUT2D eigenvalue weighted by Gasteiger charge is 2.26. The second kappa shape index (κ2) is 5.67. The van der Waals surface area contributed by atoms with Crippen molar-refractivity contribution in [1.29, 1.82) is 0 Å². The molecule has 0 radical (unpaired) electrons. The summed E-state index contributed by atoms with van der Waals surface area (Å²) in [7, 11) is 1.78. The minimum Gasteiger partial charge on any atom is -0.387 e. The molecule has 100 valence electrons. The maximum Gasteiger partial charge on any atom is 0.0931 e. The minimum atomic E-state index is -0.507. The highest BCUT2D eigenvalue weighted by Crippen LogP contribution is 2.24. The summed E-state index contributed by atoms with van der Waals surface area (Å²) in [6.07, 6.45) is 2.75. The van der Waals surface area contributed by atoms with Crippen LogP contribution in [0.5, 0.6) is 0 Å². The molecule has 1 aliphatic rings. The van der Waals surface area contributed by atoms with Crippen molar-refractivity contribution in [1.82, 2.24) is 4.98 Å². The monoisotopic (exact) mass is 250 g/mol.